The maximum atomic E-state index is 13.6. The van der Waals surface area contributed by atoms with Crippen molar-refractivity contribution in [3.05, 3.63) is 30.5 Å². The number of anilines is 2. The molecule has 2 aliphatic rings. The number of hydrogen-bond acceptors (Lipinski definition) is 6. The molecule has 2 heterocycles. The van der Waals surface area contributed by atoms with Crippen LogP contribution in [0, 0.1) is 5.92 Å². The van der Waals surface area contributed by atoms with Gasteiger partial charge in [-0.05, 0) is 55.2 Å². The molecule has 9 nitrogen and oxygen atoms in total. The Morgan fingerprint density at radius 3 is 2.68 bits per heavy atom. The summed E-state index contributed by atoms with van der Waals surface area (Å²) in [5, 5.41) is 13.9. The maximum absolute atomic E-state index is 13.6. The van der Waals surface area contributed by atoms with Crippen molar-refractivity contribution in [1.29, 1.82) is 0 Å². The normalized spacial score (nSPS) is 19.8. The minimum atomic E-state index is -0.993. The summed E-state index contributed by atoms with van der Waals surface area (Å²) in [4.78, 5) is 45.7. The van der Waals surface area contributed by atoms with Crippen LogP contribution in [0.5, 0.6) is 0 Å². The molecule has 0 radical (unpaired) electrons. The molecular formula is C25H33N5O4. The first-order chi connectivity index (χ1) is 16.4. The Morgan fingerprint density at radius 2 is 1.94 bits per heavy atom. The fourth-order valence-corrected chi connectivity index (χ4v) is 5.32. The van der Waals surface area contributed by atoms with Crippen molar-refractivity contribution in [3.8, 4) is 0 Å². The molecule has 1 aliphatic heterocycles. The number of hydrogen-bond donors (Lipinski definition) is 3. The zero-order valence-electron chi connectivity index (χ0n) is 19.6. The average molecular weight is 468 g/mol. The Hall–Kier alpha value is -3.20. The third kappa shape index (κ3) is 4.99. The van der Waals surface area contributed by atoms with Crippen LogP contribution < -0.4 is 16.0 Å². The third-order valence-electron chi connectivity index (χ3n) is 7.18. The van der Waals surface area contributed by atoms with E-state index in [2.05, 4.69) is 10.3 Å². The number of rotatable bonds is 7. The standard InChI is InChI=1S/C25H33N5O4/c1-29(18-10-9-16-11-12-27-23(26)19(16)14-18)24(33)20-8-5-13-30(20)25(34)22(28-15-21(31)32)17-6-3-2-4-7-17/h9-12,14,17,20,22,28H,2-8,13,15H2,1H3,(H2,26,27)(H,31,32)/t20-,22?/m0/s1. The van der Waals surface area contributed by atoms with Crippen molar-refractivity contribution in [1.82, 2.24) is 15.2 Å². The molecule has 4 N–H and O–H groups in total. The highest BCUT2D eigenvalue weighted by Gasteiger charge is 2.41. The van der Waals surface area contributed by atoms with E-state index in [-0.39, 0.29) is 24.3 Å². The first kappa shape index (κ1) is 23.9. The largest absolute Gasteiger partial charge is 0.480 e. The first-order valence-electron chi connectivity index (χ1n) is 12.0. The Labute approximate surface area is 199 Å². The fraction of sp³-hybridized carbons (Fsp3) is 0.520. The lowest BCUT2D eigenvalue weighted by Crippen LogP contribution is -2.56. The van der Waals surface area contributed by atoms with E-state index < -0.39 is 18.1 Å². The van der Waals surface area contributed by atoms with E-state index in [1.54, 1.807) is 23.0 Å². The number of likely N-dealkylation sites (tertiary alicyclic amines) is 1. The quantitative estimate of drug-likeness (QED) is 0.570. The smallest absolute Gasteiger partial charge is 0.317 e. The number of carbonyl (C=O) groups is 3. The van der Waals surface area contributed by atoms with Gasteiger partial charge in [-0.15, -0.1) is 0 Å². The van der Waals surface area contributed by atoms with Gasteiger partial charge in [0, 0.05) is 30.9 Å². The van der Waals surface area contributed by atoms with E-state index in [0.29, 0.717) is 24.5 Å². The molecule has 0 bridgehead atoms. The summed E-state index contributed by atoms with van der Waals surface area (Å²) in [5.74, 6) is -0.826. The van der Waals surface area contributed by atoms with Gasteiger partial charge in [0.15, 0.2) is 0 Å². The number of benzene rings is 1. The Kier molecular flexibility index (Phi) is 7.31. The highest BCUT2D eigenvalue weighted by atomic mass is 16.4. The second kappa shape index (κ2) is 10.4. The lowest BCUT2D eigenvalue weighted by atomic mass is 9.83. The number of nitrogen functional groups attached to an aromatic ring is 1. The van der Waals surface area contributed by atoms with Crippen molar-refractivity contribution in [2.75, 3.05) is 30.8 Å². The average Bonchev–Trinajstić information content (AvgIpc) is 3.34. The van der Waals surface area contributed by atoms with Crippen LogP contribution in [-0.2, 0) is 14.4 Å². The Balaban J connectivity index is 1.53. The van der Waals surface area contributed by atoms with Crippen LogP contribution in [-0.4, -0.2) is 65.0 Å². The number of nitrogens with zero attached hydrogens (tertiary/aromatic N) is 3. The molecule has 2 aromatic rings. The minimum Gasteiger partial charge on any atom is -0.480 e. The molecule has 1 aromatic carbocycles. The molecule has 34 heavy (non-hydrogen) atoms. The summed E-state index contributed by atoms with van der Waals surface area (Å²) in [6, 6.07) is 6.32. The van der Waals surface area contributed by atoms with Crippen LogP contribution in [0.4, 0.5) is 11.5 Å². The predicted molar refractivity (Wildman–Crippen MR) is 130 cm³/mol. The van der Waals surface area contributed by atoms with E-state index in [9.17, 15) is 19.5 Å². The molecule has 2 atom stereocenters. The molecule has 0 spiro atoms. The number of aromatic nitrogens is 1. The summed E-state index contributed by atoms with van der Waals surface area (Å²) in [7, 11) is 1.71. The van der Waals surface area contributed by atoms with Gasteiger partial charge in [-0.3, -0.25) is 19.7 Å². The topological polar surface area (TPSA) is 129 Å². The van der Waals surface area contributed by atoms with Gasteiger partial charge in [0.1, 0.15) is 11.9 Å². The van der Waals surface area contributed by atoms with Crippen LogP contribution in [0.25, 0.3) is 10.8 Å². The lowest BCUT2D eigenvalue weighted by molar-refractivity contribution is -0.141. The summed E-state index contributed by atoms with van der Waals surface area (Å²) >= 11 is 0. The van der Waals surface area contributed by atoms with Crippen LogP contribution in [0.3, 0.4) is 0 Å². The molecular weight excluding hydrogens is 434 g/mol. The summed E-state index contributed by atoms with van der Waals surface area (Å²) in [6.45, 7) is 0.224. The van der Waals surface area contributed by atoms with Crippen LogP contribution >= 0.6 is 0 Å². The number of aliphatic carboxylic acids is 1. The number of nitrogens with one attached hydrogen (secondary N) is 1. The van der Waals surface area contributed by atoms with Gasteiger partial charge < -0.3 is 20.6 Å². The number of carbonyl (C=O) groups excluding carboxylic acids is 2. The van der Waals surface area contributed by atoms with Gasteiger partial charge in [-0.25, -0.2) is 4.98 Å². The molecule has 1 saturated carbocycles. The van der Waals surface area contributed by atoms with E-state index in [1.807, 2.05) is 24.3 Å². The molecule has 2 fully saturated rings. The van der Waals surface area contributed by atoms with E-state index in [4.69, 9.17) is 5.73 Å². The number of fused-ring (bicyclic) bond motifs is 1. The molecule has 2 amide bonds. The molecule has 1 saturated heterocycles. The Bertz CT molecular complexity index is 1070. The fourth-order valence-electron chi connectivity index (χ4n) is 5.32. The van der Waals surface area contributed by atoms with Gasteiger partial charge in [0.2, 0.25) is 11.8 Å². The van der Waals surface area contributed by atoms with E-state index in [0.717, 1.165) is 49.3 Å². The second-order valence-corrected chi connectivity index (χ2v) is 9.34. The van der Waals surface area contributed by atoms with Gasteiger partial charge in [-0.1, -0.05) is 25.3 Å². The van der Waals surface area contributed by atoms with Crippen LogP contribution in [0.2, 0.25) is 0 Å². The number of amides is 2. The molecule has 4 rings (SSSR count). The number of carboxylic acids is 1. The highest BCUT2D eigenvalue weighted by Crippen LogP contribution is 2.31. The summed E-state index contributed by atoms with van der Waals surface area (Å²) < 4.78 is 0. The van der Waals surface area contributed by atoms with Crippen molar-refractivity contribution in [2.24, 2.45) is 5.92 Å². The molecule has 1 aliphatic carbocycles. The molecule has 1 unspecified atom stereocenters. The number of carboxylic acid groups (broad SMARTS) is 1. The molecule has 1 aromatic heterocycles. The summed E-state index contributed by atoms with van der Waals surface area (Å²) in [5.41, 5.74) is 6.71. The minimum absolute atomic E-state index is 0.0886. The van der Waals surface area contributed by atoms with E-state index >= 15 is 0 Å². The molecule has 182 valence electrons. The van der Waals surface area contributed by atoms with Gasteiger partial charge >= 0.3 is 5.97 Å². The van der Waals surface area contributed by atoms with Gasteiger partial charge in [0.05, 0.1) is 12.6 Å². The SMILES string of the molecule is CN(C(=O)[C@@H]1CCCN1C(=O)C(NCC(=O)O)C1CCCCC1)c1ccc2ccnc(N)c2c1. The van der Waals surface area contributed by atoms with Crippen molar-refractivity contribution in [2.45, 2.75) is 57.0 Å². The van der Waals surface area contributed by atoms with Crippen LogP contribution in [0.1, 0.15) is 44.9 Å². The number of likely N-dealkylation sites (N-methyl/N-ethyl adjacent to an activating group) is 1. The zero-order valence-corrected chi connectivity index (χ0v) is 19.6. The van der Waals surface area contributed by atoms with Crippen molar-refractivity contribution < 1.29 is 19.5 Å². The summed E-state index contributed by atoms with van der Waals surface area (Å²) in [6.07, 6.45) is 7.96. The maximum Gasteiger partial charge on any atom is 0.317 e. The molecule has 9 heteroatoms. The van der Waals surface area contributed by atoms with Crippen LogP contribution in [0.15, 0.2) is 30.5 Å². The predicted octanol–water partition coefficient (Wildman–Crippen LogP) is 2.39. The van der Waals surface area contributed by atoms with E-state index in [1.165, 1.54) is 0 Å². The zero-order chi connectivity index (χ0) is 24.2. The number of pyridine rings is 1. The van der Waals surface area contributed by atoms with Gasteiger partial charge in [-0.2, -0.15) is 0 Å². The monoisotopic (exact) mass is 467 g/mol. The van der Waals surface area contributed by atoms with Crippen molar-refractivity contribution >= 4 is 40.1 Å². The highest BCUT2D eigenvalue weighted by molar-refractivity contribution is 6.02. The number of nitrogens with two attached hydrogens (primary N) is 1. The van der Waals surface area contributed by atoms with Crippen molar-refractivity contribution in [3.63, 3.8) is 0 Å². The van der Waals surface area contributed by atoms with Gasteiger partial charge in [0.25, 0.3) is 0 Å². The first-order valence-corrected chi connectivity index (χ1v) is 12.0. The Morgan fingerprint density at radius 1 is 1.18 bits per heavy atom. The third-order valence-corrected chi connectivity index (χ3v) is 7.18. The second-order valence-electron chi connectivity index (χ2n) is 9.34. The lowest BCUT2D eigenvalue weighted by Gasteiger charge is -2.35.